The first-order chi connectivity index (χ1) is 14.4. The summed E-state index contributed by atoms with van der Waals surface area (Å²) in [5.74, 6) is 1.13. The molecule has 2 N–H and O–H groups in total. The van der Waals surface area contributed by atoms with Crippen LogP contribution in [0.3, 0.4) is 0 Å². The van der Waals surface area contributed by atoms with E-state index < -0.39 is 9.84 Å². The van der Waals surface area contributed by atoms with Crippen LogP contribution in [-0.2, 0) is 9.84 Å². The molecular weight excluding hydrogens is 420 g/mol. The van der Waals surface area contributed by atoms with Crippen LogP contribution in [0.15, 0.2) is 29.3 Å². The summed E-state index contributed by atoms with van der Waals surface area (Å²) in [5, 5.41) is 7.02. The molecule has 0 radical (unpaired) electrons. The Bertz CT molecular complexity index is 893. The summed E-state index contributed by atoms with van der Waals surface area (Å²) in [5.41, 5.74) is 1.48. The molecule has 1 amide bonds. The zero-order chi connectivity index (χ0) is 21.1. The molecule has 4 rings (SSSR count). The number of benzene rings is 1. The van der Waals surface area contributed by atoms with E-state index in [0.717, 1.165) is 29.7 Å². The molecule has 1 aromatic rings. The molecule has 1 aromatic carbocycles. The number of nitrogens with one attached hydrogen (secondary N) is 2. The number of piperidine rings is 1. The number of aliphatic imine (C=N–C) groups is 1. The van der Waals surface area contributed by atoms with Gasteiger partial charge in [0.1, 0.15) is 0 Å². The molecular formula is C21H30N4O3S2. The van der Waals surface area contributed by atoms with E-state index >= 15 is 0 Å². The topological polar surface area (TPSA) is 90.9 Å². The fourth-order valence-electron chi connectivity index (χ4n) is 4.14. The van der Waals surface area contributed by atoms with Gasteiger partial charge in [0.05, 0.1) is 17.5 Å². The van der Waals surface area contributed by atoms with Crippen molar-refractivity contribution in [2.75, 3.05) is 43.0 Å². The summed E-state index contributed by atoms with van der Waals surface area (Å²) in [6.45, 7) is 6.38. The number of thioether (sulfide) groups is 1. The third-order valence-electron chi connectivity index (χ3n) is 6.03. The van der Waals surface area contributed by atoms with Crippen LogP contribution in [0.25, 0.3) is 0 Å². The van der Waals surface area contributed by atoms with Gasteiger partial charge in [-0.3, -0.25) is 9.79 Å². The first kappa shape index (κ1) is 21.6. The smallest absolute Gasteiger partial charge is 0.251 e. The van der Waals surface area contributed by atoms with Gasteiger partial charge in [0.15, 0.2) is 15.0 Å². The molecule has 164 valence electrons. The van der Waals surface area contributed by atoms with Gasteiger partial charge in [0.25, 0.3) is 5.91 Å². The van der Waals surface area contributed by atoms with Gasteiger partial charge >= 0.3 is 0 Å². The van der Waals surface area contributed by atoms with E-state index in [1.165, 1.54) is 37.7 Å². The average Bonchev–Trinajstić information content (AvgIpc) is 3.19. The Morgan fingerprint density at radius 2 is 1.93 bits per heavy atom. The number of anilines is 1. The van der Waals surface area contributed by atoms with Gasteiger partial charge in [0, 0.05) is 23.0 Å². The minimum absolute atomic E-state index is 0.0240. The zero-order valence-corrected chi connectivity index (χ0v) is 19.0. The van der Waals surface area contributed by atoms with Gasteiger partial charge in [-0.1, -0.05) is 18.7 Å². The van der Waals surface area contributed by atoms with Crippen molar-refractivity contribution >= 4 is 38.4 Å². The lowest BCUT2D eigenvalue weighted by Crippen LogP contribution is -2.35. The Morgan fingerprint density at radius 3 is 2.63 bits per heavy atom. The normalized spacial score (nSPS) is 26.2. The van der Waals surface area contributed by atoms with Crippen LogP contribution < -0.4 is 10.6 Å². The summed E-state index contributed by atoms with van der Waals surface area (Å²) in [7, 11) is -2.94. The lowest BCUT2D eigenvalue weighted by atomic mass is 9.99. The fourth-order valence-corrected chi connectivity index (χ4v) is 7.81. The van der Waals surface area contributed by atoms with Gasteiger partial charge in [0.2, 0.25) is 0 Å². The number of likely N-dealkylation sites (tertiary alicyclic amines) is 1. The molecule has 9 heteroatoms. The summed E-state index contributed by atoms with van der Waals surface area (Å²) in [6, 6.07) is 7.18. The molecule has 0 unspecified atom stereocenters. The second-order valence-corrected chi connectivity index (χ2v) is 12.0. The van der Waals surface area contributed by atoms with Crippen molar-refractivity contribution in [1.82, 2.24) is 10.2 Å². The monoisotopic (exact) mass is 450 g/mol. The van der Waals surface area contributed by atoms with Crippen molar-refractivity contribution in [3.8, 4) is 0 Å². The van der Waals surface area contributed by atoms with Crippen molar-refractivity contribution in [2.45, 2.75) is 37.5 Å². The Balaban J connectivity index is 1.19. The highest BCUT2D eigenvalue weighted by atomic mass is 32.2. The van der Waals surface area contributed by atoms with E-state index in [1.54, 1.807) is 12.1 Å². The van der Waals surface area contributed by atoms with Crippen LogP contribution in [0.2, 0.25) is 0 Å². The lowest BCUT2D eigenvalue weighted by Gasteiger charge is -2.30. The number of fused-ring (bicyclic) bond motifs is 1. The average molecular weight is 451 g/mol. The summed E-state index contributed by atoms with van der Waals surface area (Å²) in [6.07, 6.45) is 3.52. The van der Waals surface area contributed by atoms with Crippen LogP contribution in [0.1, 0.15) is 36.5 Å². The minimum Gasteiger partial charge on any atom is -0.352 e. The van der Waals surface area contributed by atoms with Gasteiger partial charge < -0.3 is 15.5 Å². The second-order valence-electron chi connectivity index (χ2n) is 8.57. The molecule has 7 nitrogen and oxygen atoms in total. The highest BCUT2D eigenvalue weighted by Crippen LogP contribution is 2.34. The van der Waals surface area contributed by atoms with E-state index in [4.69, 9.17) is 0 Å². The quantitative estimate of drug-likeness (QED) is 0.646. The molecule has 2 saturated heterocycles. The third kappa shape index (κ3) is 5.56. The predicted octanol–water partition coefficient (Wildman–Crippen LogP) is 2.22. The van der Waals surface area contributed by atoms with Gasteiger partial charge in [-0.25, -0.2) is 8.42 Å². The predicted molar refractivity (Wildman–Crippen MR) is 123 cm³/mol. The molecule has 3 aliphatic heterocycles. The maximum atomic E-state index is 12.4. The molecule has 3 heterocycles. The van der Waals surface area contributed by atoms with E-state index in [2.05, 4.69) is 27.4 Å². The zero-order valence-electron chi connectivity index (χ0n) is 17.3. The summed E-state index contributed by atoms with van der Waals surface area (Å²) < 4.78 is 23.3. The first-order valence-corrected chi connectivity index (χ1v) is 13.4. The number of nitrogens with zero attached hydrogens (tertiary/aromatic N) is 2. The standard InChI is InChI=1S/C21H30N4O3S2/c1-15-7-11-25(12-8-15)10-2-9-22-20(26)16-3-5-17(6-4-16)23-21-24-18-13-30(27,28)14-19(18)29-21/h3-6,15,18-19H,2,7-14H2,1H3,(H,22,26)(H,23,24)/t18-,19-/m1/s1. The Labute approximate surface area is 183 Å². The summed E-state index contributed by atoms with van der Waals surface area (Å²) in [4.78, 5) is 19.3. The fraction of sp³-hybridized carbons (Fsp3) is 0.619. The molecule has 0 aromatic heterocycles. The van der Waals surface area contributed by atoms with Crippen LogP contribution in [0, 0.1) is 5.92 Å². The Hall–Kier alpha value is -1.58. The number of rotatable bonds is 6. The van der Waals surface area contributed by atoms with Crippen molar-refractivity contribution in [3.63, 3.8) is 0 Å². The van der Waals surface area contributed by atoms with Gasteiger partial charge in [-0.05, 0) is 69.1 Å². The molecule has 2 fully saturated rings. The number of hydrogen-bond acceptors (Lipinski definition) is 7. The van der Waals surface area contributed by atoms with Crippen LogP contribution in [-0.4, -0.2) is 73.4 Å². The molecule has 2 atom stereocenters. The first-order valence-electron chi connectivity index (χ1n) is 10.7. The largest absolute Gasteiger partial charge is 0.352 e. The summed E-state index contributed by atoms with van der Waals surface area (Å²) >= 11 is 1.49. The Morgan fingerprint density at radius 1 is 1.20 bits per heavy atom. The van der Waals surface area contributed by atoms with Crippen molar-refractivity contribution in [1.29, 1.82) is 0 Å². The molecule has 3 aliphatic rings. The van der Waals surface area contributed by atoms with E-state index in [9.17, 15) is 13.2 Å². The maximum Gasteiger partial charge on any atom is 0.251 e. The second kappa shape index (κ2) is 9.28. The van der Waals surface area contributed by atoms with Crippen LogP contribution in [0.5, 0.6) is 0 Å². The SMILES string of the molecule is CC1CCN(CCCNC(=O)c2ccc(NC3=N[C@@H]4CS(=O)(=O)C[C@H]4S3)cc2)CC1. The third-order valence-corrected chi connectivity index (χ3v) is 9.17. The highest BCUT2D eigenvalue weighted by Gasteiger charge is 2.42. The van der Waals surface area contributed by atoms with Crippen LogP contribution in [0.4, 0.5) is 5.69 Å². The number of carbonyl (C=O) groups is 1. The van der Waals surface area contributed by atoms with E-state index in [0.29, 0.717) is 12.1 Å². The maximum absolute atomic E-state index is 12.4. The Kier molecular flexibility index (Phi) is 6.69. The van der Waals surface area contributed by atoms with Crippen molar-refractivity contribution in [3.05, 3.63) is 29.8 Å². The molecule has 0 bridgehead atoms. The molecule has 0 spiro atoms. The lowest BCUT2D eigenvalue weighted by molar-refractivity contribution is 0.0950. The minimum atomic E-state index is -2.94. The van der Waals surface area contributed by atoms with Crippen LogP contribution >= 0.6 is 11.8 Å². The number of sulfone groups is 1. The van der Waals surface area contributed by atoms with Crippen molar-refractivity contribution < 1.29 is 13.2 Å². The molecule has 0 aliphatic carbocycles. The van der Waals surface area contributed by atoms with Gasteiger partial charge in [-0.2, -0.15) is 0 Å². The number of carbonyl (C=O) groups excluding carboxylic acids is 1. The van der Waals surface area contributed by atoms with Crippen molar-refractivity contribution in [2.24, 2.45) is 10.9 Å². The highest BCUT2D eigenvalue weighted by molar-refractivity contribution is 8.15. The van der Waals surface area contributed by atoms with Gasteiger partial charge in [-0.15, -0.1) is 0 Å². The van der Waals surface area contributed by atoms with E-state index in [-0.39, 0.29) is 28.7 Å². The van der Waals surface area contributed by atoms with E-state index in [1.807, 2.05) is 12.1 Å². The molecule has 0 saturated carbocycles. The molecule has 30 heavy (non-hydrogen) atoms. The number of amides is 1. The number of hydrogen-bond donors (Lipinski definition) is 2. The number of amidine groups is 1.